The van der Waals surface area contributed by atoms with E-state index in [1.165, 1.54) is 6.07 Å². The van der Waals surface area contributed by atoms with Crippen LogP contribution in [0, 0.1) is 5.82 Å². The van der Waals surface area contributed by atoms with E-state index in [4.69, 9.17) is 17.3 Å². The molecule has 8 nitrogen and oxygen atoms in total. The number of thioether (sulfide) groups is 1. The number of rotatable bonds is 5. The second-order valence-electron chi connectivity index (χ2n) is 10.3. The maximum absolute atomic E-state index is 14.7. The summed E-state index contributed by atoms with van der Waals surface area (Å²) in [5, 5.41) is 8.57. The number of fused-ring (bicyclic) bond motifs is 3. The van der Waals surface area contributed by atoms with Crippen molar-refractivity contribution < 1.29 is 4.39 Å². The van der Waals surface area contributed by atoms with Crippen LogP contribution >= 0.6 is 34.7 Å². The second-order valence-corrected chi connectivity index (χ2v) is 12.7. The second kappa shape index (κ2) is 9.34. The molecule has 2 bridgehead atoms. The number of nitrogens with zero attached hydrogens (tertiary/aromatic N) is 4. The van der Waals surface area contributed by atoms with Crippen LogP contribution in [0.3, 0.4) is 0 Å². The number of benzene rings is 2. The number of hydrogen-bond acceptors (Lipinski definition) is 9. The maximum Gasteiger partial charge on any atom is 0.350 e. The molecule has 198 valence electrons. The van der Waals surface area contributed by atoms with Crippen LogP contribution in [0.1, 0.15) is 25.3 Å². The molecule has 0 radical (unpaired) electrons. The van der Waals surface area contributed by atoms with E-state index in [1.807, 2.05) is 17.7 Å². The van der Waals surface area contributed by atoms with Gasteiger partial charge in [0.15, 0.2) is 5.13 Å². The summed E-state index contributed by atoms with van der Waals surface area (Å²) >= 11 is 9.88. The number of nitrogen functional groups attached to an aromatic ring is 1. The van der Waals surface area contributed by atoms with Crippen molar-refractivity contribution in [3.63, 3.8) is 0 Å². The minimum absolute atomic E-state index is 0.00659. The molecule has 2 unspecified atom stereocenters. The molecule has 0 amide bonds. The SMILES string of the molecule is CNCC[C@H]1CSc2c(-c3ccc(F)c4sc(N)nc34)c(Cl)cc3c(N4CC5CCC(C4)N5)nc(=O)n1c23. The first kappa shape index (κ1) is 24.6. The van der Waals surface area contributed by atoms with E-state index < -0.39 is 0 Å². The van der Waals surface area contributed by atoms with Gasteiger partial charge in [0.05, 0.1) is 20.8 Å². The van der Waals surface area contributed by atoms with Gasteiger partial charge in [0.1, 0.15) is 11.6 Å². The fraction of sp³-hybridized carbons (Fsp3) is 0.423. The molecule has 12 heteroatoms. The van der Waals surface area contributed by atoms with Gasteiger partial charge >= 0.3 is 5.69 Å². The van der Waals surface area contributed by atoms with Gasteiger partial charge in [-0.05, 0) is 51.1 Å². The van der Waals surface area contributed by atoms with Gasteiger partial charge in [-0.15, -0.1) is 11.8 Å². The topological polar surface area (TPSA) is 101 Å². The van der Waals surface area contributed by atoms with Crippen LogP contribution in [0.4, 0.5) is 15.3 Å². The van der Waals surface area contributed by atoms with Crippen molar-refractivity contribution in [3.8, 4) is 11.1 Å². The van der Waals surface area contributed by atoms with Crippen LogP contribution in [0.25, 0.3) is 32.2 Å². The van der Waals surface area contributed by atoms with E-state index in [-0.39, 0.29) is 17.5 Å². The molecule has 2 aromatic carbocycles. The molecule has 3 atom stereocenters. The van der Waals surface area contributed by atoms with Crippen molar-refractivity contribution in [1.29, 1.82) is 0 Å². The third-order valence-corrected chi connectivity index (χ3v) is 10.3. The average Bonchev–Trinajstić information content (AvgIpc) is 3.47. The highest BCUT2D eigenvalue weighted by Crippen LogP contribution is 2.49. The Morgan fingerprint density at radius 2 is 2.05 bits per heavy atom. The molecule has 4 aromatic rings. The van der Waals surface area contributed by atoms with Crippen molar-refractivity contribution in [2.75, 3.05) is 43.1 Å². The third-order valence-electron chi connectivity index (χ3n) is 7.91. The summed E-state index contributed by atoms with van der Waals surface area (Å²) in [6.07, 6.45) is 3.06. The van der Waals surface area contributed by atoms with Crippen molar-refractivity contribution in [2.45, 2.75) is 42.3 Å². The molecule has 4 N–H and O–H groups in total. The fourth-order valence-electron chi connectivity index (χ4n) is 6.24. The summed E-state index contributed by atoms with van der Waals surface area (Å²) in [5.74, 6) is 1.05. The zero-order valence-electron chi connectivity index (χ0n) is 20.8. The van der Waals surface area contributed by atoms with Crippen LogP contribution in [0.15, 0.2) is 27.9 Å². The molecule has 0 saturated carbocycles. The maximum atomic E-state index is 14.7. The molecular formula is C26H27ClFN7OS2. The van der Waals surface area contributed by atoms with E-state index in [0.717, 1.165) is 77.2 Å². The van der Waals surface area contributed by atoms with Gasteiger partial charge in [-0.1, -0.05) is 22.9 Å². The Bertz CT molecular complexity index is 1640. The van der Waals surface area contributed by atoms with E-state index in [1.54, 1.807) is 17.8 Å². The molecule has 2 aromatic heterocycles. The Labute approximate surface area is 231 Å². The largest absolute Gasteiger partial charge is 0.375 e. The van der Waals surface area contributed by atoms with Crippen molar-refractivity contribution in [3.05, 3.63) is 39.5 Å². The van der Waals surface area contributed by atoms with Gasteiger partial charge in [-0.2, -0.15) is 4.98 Å². The number of nitrogens with two attached hydrogens (primary N) is 1. The minimum atomic E-state index is -0.361. The summed E-state index contributed by atoms with van der Waals surface area (Å²) < 4.78 is 16.9. The number of anilines is 2. The number of hydrogen-bond donors (Lipinski definition) is 3. The van der Waals surface area contributed by atoms with Crippen LogP contribution in [0.5, 0.6) is 0 Å². The minimum Gasteiger partial charge on any atom is -0.375 e. The lowest BCUT2D eigenvalue weighted by atomic mass is 10.0. The molecule has 2 fully saturated rings. The molecular weight excluding hydrogens is 545 g/mol. The highest BCUT2D eigenvalue weighted by Gasteiger charge is 2.36. The van der Waals surface area contributed by atoms with Gasteiger partial charge < -0.3 is 21.3 Å². The summed E-state index contributed by atoms with van der Waals surface area (Å²) in [4.78, 5) is 26.0. The smallest absolute Gasteiger partial charge is 0.350 e. The lowest BCUT2D eigenvalue weighted by Crippen LogP contribution is -2.52. The molecule has 3 aliphatic rings. The Hall–Kier alpha value is -2.44. The normalized spacial score (nSPS) is 22.6. The van der Waals surface area contributed by atoms with Crippen molar-refractivity contribution in [2.24, 2.45) is 0 Å². The average molecular weight is 572 g/mol. The van der Waals surface area contributed by atoms with Gasteiger partial charge in [-0.25, -0.2) is 14.2 Å². The number of thiazole rings is 1. The predicted octanol–water partition coefficient (Wildman–Crippen LogP) is 4.24. The molecule has 5 heterocycles. The highest BCUT2D eigenvalue weighted by atomic mass is 35.5. The lowest BCUT2D eigenvalue weighted by Gasteiger charge is -2.36. The summed E-state index contributed by atoms with van der Waals surface area (Å²) in [6.45, 7) is 2.40. The monoisotopic (exact) mass is 571 g/mol. The molecule has 2 saturated heterocycles. The van der Waals surface area contributed by atoms with E-state index in [0.29, 0.717) is 44.0 Å². The molecule has 7 rings (SSSR count). The van der Waals surface area contributed by atoms with Crippen molar-refractivity contribution in [1.82, 2.24) is 25.2 Å². The number of nitrogens with one attached hydrogen (secondary N) is 2. The first-order valence-electron chi connectivity index (χ1n) is 12.8. The van der Waals surface area contributed by atoms with Gasteiger partial charge in [0.25, 0.3) is 0 Å². The number of halogens is 2. The first-order valence-corrected chi connectivity index (χ1v) is 15.0. The van der Waals surface area contributed by atoms with E-state index >= 15 is 0 Å². The zero-order valence-corrected chi connectivity index (χ0v) is 23.1. The van der Waals surface area contributed by atoms with Crippen LogP contribution in [-0.4, -0.2) is 59.1 Å². The van der Waals surface area contributed by atoms with Gasteiger partial charge in [0.2, 0.25) is 0 Å². The quantitative estimate of drug-likeness (QED) is 0.327. The highest BCUT2D eigenvalue weighted by molar-refractivity contribution is 7.99. The predicted molar refractivity (Wildman–Crippen MR) is 154 cm³/mol. The zero-order chi connectivity index (χ0) is 26.1. The summed E-state index contributed by atoms with van der Waals surface area (Å²) in [7, 11) is 1.92. The van der Waals surface area contributed by atoms with E-state index in [2.05, 4.69) is 25.5 Å². The Morgan fingerprint density at radius 1 is 1.26 bits per heavy atom. The Morgan fingerprint density at radius 3 is 2.82 bits per heavy atom. The summed E-state index contributed by atoms with van der Waals surface area (Å²) in [6, 6.07) is 5.88. The Kier molecular flexibility index (Phi) is 6.04. The third kappa shape index (κ3) is 3.82. The first-order chi connectivity index (χ1) is 18.4. The summed E-state index contributed by atoms with van der Waals surface area (Å²) in [5.41, 5.74) is 8.57. The van der Waals surface area contributed by atoms with Gasteiger partial charge in [0, 0.05) is 58.4 Å². The number of aromatic nitrogens is 3. The number of piperazine rings is 1. The van der Waals surface area contributed by atoms with Crippen LogP contribution in [-0.2, 0) is 0 Å². The van der Waals surface area contributed by atoms with Crippen LogP contribution < -0.4 is 27.0 Å². The lowest BCUT2D eigenvalue weighted by molar-refractivity contribution is 0.460. The standard InChI is InChI=1S/C26H27ClFN7OS2/c1-30-7-6-14-11-37-23-19(15-4-5-18(28)22-20(15)32-25(29)38-22)17(27)8-16-21(23)35(14)26(36)33-24(16)34-9-12-2-3-13(10-34)31-12/h4-5,8,12-14,30-31H,2-3,6-7,9-11H2,1H3,(H2,29,32)/t12?,13?,14-/m0/s1. The van der Waals surface area contributed by atoms with Crippen molar-refractivity contribution >= 4 is 66.8 Å². The molecule has 3 aliphatic heterocycles. The Balaban J connectivity index is 1.51. The molecule has 38 heavy (non-hydrogen) atoms. The fourth-order valence-corrected chi connectivity index (χ4v) is 8.75. The molecule has 0 spiro atoms. The van der Waals surface area contributed by atoms with E-state index in [9.17, 15) is 9.18 Å². The molecule has 0 aliphatic carbocycles. The van der Waals surface area contributed by atoms with Gasteiger partial charge in [-0.3, -0.25) is 4.57 Å². The van der Waals surface area contributed by atoms with Crippen LogP contribution in [0.2, 0.25) is 5.02 Å².